The molecule has 1 aromatic carbocycles. The van der Waals surface area contributed by atoms with Gasteiger partial charge < -0.3 is 15.0 Å². The molecule has 0 spiro atoms. The predicted octanol–water partition coefficient (Wildman–Crippen LogP) is 1.39. The Bertz CT molecular complexity index is 488. The molecule has 5 nitrogen and oxygen atoms in total. The first-order chi connectivity index (χ1) is 8.20. The van der Waals surface area contributed by atoms with Gasteiger partial charge in [0.05, 0.1) is 17.1 Å². The molecule has 5 heteroatoms. The molecule has 0 radical (unpaired) electrons. The molecule has 0 saturated carbocycles. The van der Waals surface area contributed by atoms with Crippen LogP contribution in [0.1, 0.15) is 18.8 Å². The summed E-state index contributed by atoms with van der Waals surface area (Å²) in [6, 6.07) is 7.60. The van der Waals surface area contributed by atoms with E-state index in [1.165, 1.54) is 7.11 Å². The quantitative estimate of drug-likeness (QED) is 0.838. The molecule has 17 heavy (non-hydrogen) atoms. The molecule has 0 unspecified atom stereocenters. The summed E-state index contributed by atoms with van der Waals surface area (Å²) in [6.07, 6.45) is 0. The number of hydrogen-bond acceptors (Lipinski definition) is 3. The number of methoxy groups -OCH3 is 1. The minimum atomic E-state index is -0.162. The lowest BCUT2D eigenvalue weighted by atomic mass is 10.3. The maximum absolute atomic E-state index is 11.4. The Labute approximate surface area is 99.2 Å². The van der Waals surface area contributed by atoms with Gasteiger partial charge in [-0.25, -0.2) is 4.98 Å². The van der Waals surface area contributed by atoms with Crippen molar-refractivity contribution in [3.05, 3.63) is 30.1 Å². The van der Waals surface area contributed by atoms with Crippen molar-refractivity contribution in [2.75, 3.05) is 13.7 Å². The van der Waals surface area contributed by atoms with E-state index in [0.717, 1.165) is 16.9 Å². The zero-order chi connectivity index (χ0) is 12.3. The molecule has 90 valence electrons. The van der Waals surface area contributed by atoms with Crippen LogP contribution in [0.25, 0.3) is 11.0 Å². The largest absolute Gasteiger partial charge is 0.375 e. The van der Waals surface area contributed by atoms with E-state index in [4.69, 9.17) is 4.74 Å². The predicted molar refractivity (Wildman–Crippen MR) is 64.5 cm³/mol. The summed E-state index contributed by atoms with van der Waals surface area (Å²) in [6.45, 7) is 1.94. The van der Waals surface area contributed by atoms with Gasteiger partial charge >= 0.3 is 0 Å². The molecule has 0 aliphatic heterocycles. The number of nitrogens with one attached hydrogen (secondary N) is 2. The third-order valence-corrected chi connectivity index (χ3v) is 2.47. The van der Waals surface area contributed by atoms with Gasteiger partial charge in [0.25, 0.3) is 0 Å². The highest BCUT2D eigenvalue weighted by molar-refractivity contribution is 5.78. The van der Waals surface area contributed by atoms with Crippen LogP contribution in [0.2, 0.25) is 0 Å². The number of para-hydroxylation sites is 2. The van der Waals surface area contributed by atoms with Gasteiger partial charge in [-0.2, -0.15) is 0 Å². The average molecular weight is 233 g/mol. The van der Waals surface area contributed by atoms with Crippen LogP contribution in [-0.4, -0.2) is 29.6 Å². The number of hydrogen-bond donors (Lipinski definition) is 2. The second kappa shape index (κ2) is 4.97. The lowest BCUT2D eigenvalue weighted by molar-refractivity contribution is -0.125. The number of carbonyl (C=O) groups is 1. The van der Waals surface area contributed by atoms with Crippen molar-refractivity contribution in [1.82, 2.24) is 15.3 Å². The van der Waals surface area contributed by atoms with Crippen molar-refractivity contribution in [3.63, 3.8) is 0 Å². The Balaban J connectivity index is 2.13. The first kappa shape index (κ1) is 11.6. The number of imidazole rings is 1. The summed E-state index contributed by atoms with van der Waals surface area (Å²) in [5, 5.41) is 2.80. The summed E-state index contributed by atoms with van der Waals surface area (Å²) in [5.41, 5.74) is 1.87. The molecule has 0 aliphatic rings. The third kappa shape index (κ3) is 2.62. The highest BCUT2D eigenvalue weighted by atomic mass is 16.5. The molecule has 1 heterocycles. The van der Waals surface area contributed by atoms with Gasteiger partial charge in [0.2, 0.25) is 5.91 Å². The number of amides is 1. The zero-order valence-electron chi connectivity index (χ0n) is 9.86. The SMILES string of the molecule is COCC(=O)N[C@@H](C)c1nc2ccccc2[nH]1. The molecule has 0 fully saturated rings. The fourth-order valence-electron chi connectivity index (χ4n) is 1.66. The van der Waals surface area contributed by atoms with E-state index in [0.29, 0.717) is 0 Å². The normalized spacial score (nSPS) is 12.6. The number of carbonyl (C=O) groups excluding carboxylic acids is 1. The number of aromatic amines is 1. The topological polar surface area (TPSA) is 67.0 Å². The smallest absolute Gasteiger partial charge is 0.246 e. The molecular formula is C12H15N3O2. The zero-order valence-corrected chi connectivity index (χ0v) is 9.86. The summed E-state index contributed by atoms with van der Waals surface area (Å²) >= 11 is 0. The Morgan fingerprint density at radius 2 is 2.29 bits per heavy atom. The van der Waals surface area contributed by atoms with E-state index in [1.807, 2.05) is 31.2 Å². The molecule has 2 aromatic rings. The number of nitrogens with zero attached hydrogens (tertiary/aromatic N) is 1. The second-order valence-electron chi connectivity index (χ2n) is 3.86. The summed E-state index contributed by atoms with van der Waals surface area (Å²) in [7, 11) is 1.49. The first-order valence-electron chi connectivity index (χ1n) is 5.43. The first-order valence-corrected chi connectivity index (χ1v) is 5.43. The monoisotopic (exact) mass is 233 g/mol. The minimum absolute atomic E-state index is 0.0601. The van der Waals surface area contributed by atoms with Crippen LogP contribution in [0.3, 0.4) is 0 Å². The third-order valence-electron chi connectivity index (χ3n) is 2.47. The minimum Gasteiger partial charge on any atom is -0.375 e. The number of rotatable bonds is 4. The Morgan fingerprint density at radius 1 is 1.53 bits per heavy atom. The van der Waals surface area contributed by atoms with Crippen LogP contribution >= 0.6 is 0 Å². The molecular weight excluding hydrogens is 218 g/mol. The molecule has 1 atom stereocenters. The number of H-pyrrole nitrogens is 1. The molecule has 0 saturated heterocycles. The van der Waals surface area contributed by atoms with Gasteiger partial charge in [0.1, 0.15) is 12.4 Å². The van der Waals surface area contributed by atoms with Gasteiger partial charge in [-0.05, 0) is 19.1 Å². The number of ether oxygens (including phenoxy) is 1. The van der Waals surface area contributed by atoms with Gasteiger partial charge in [0.15, 0.2) is 0 Å². The van der Waals surface area contributed by atoms with Gasteiger partial charge in [-0.1, -0.05) is 12.1 Å². The van der Waals surface area contributed by atoms with Crippen LogP contribution in [0.15, 0.2) is 24.3 Å². The molecule has 1 aromatic heterocycles. The Kier molecular flexibility index (Phi) is 3.39. The van der Waals surface area contributed by atoms with Crippen molar-refractivity contribution in [2.24, 2.45) is 0 Å². The number of fused-ring (bicyclic) bond motifs is 1. The average Bonchev–Trinajstić information content (AvgIpc) is 2.72. The highest BCUT2D eigenvalue weighted by Crippen LogP contribution is 2.15. The summed E-state index contributed by atoms with van der Waals surface area (Å²) < 4.78 is 4.76. The fraction of sp³-hybridized carbons (Fsp3) is 0.333. The molecule has 0 bridgehead atoms. The van der Waals surface area contributed by atoms with Crippen LogP contribution < -0.4 is 5.32 Å². The molecule has 2 rings (SSSR count). The lowest BCUT2D eigenvalue weighted by Crippen LogP contribution is -2.30. The van der Waals surface area contributed by atoms with Crippen LogP contribution in [0.5, 0.6) is 0 Å². The maximum Gasteiger partial charge on any atom is 0.246 e. The van der Waals surface area contributed by atoms with E-state index < -0.39 is 0 Å². The van der Waals surface area contributed by atoms with Crippen molar-refractivity contribution in [2.45, 2.75) is 13.0 Å². The van der Waals surface area contributed by atoms with Crippen LogP contribution in [0.4, 0.5) is 0 Å². The Morgan fingerprint density at radius 3 is 3.00 bits per heavy atom. The molecule has 2 N–H and O–H groups in total. The van der Waals surface area contributed by atoms with E-state index >= 15 is 0 Å². The van der Waals surface area contributed by atoms with E-state index in [1.54, 1.807) is 0 Å². The van der Waals surface area contributed by atoms with Gasteiger partial charge in [0, 0.05) is 7.11 Å². The van der Waals surface area contributed by atoms with E-state index in [9.17, 15) is 4.79 Å². The second-order valence-corrected chi connectivity index (χ2v) is 3.86. The lowest BCUT2D eigenvalue weighted by Gasteiger charge is -2.10. The molecule has 0 aliphatic carbocycles. The van der Waals surface area contributed by atoms with E-state index in [2.05, 4.69) is 15.3 Å². The van der Waals surface area contributed by atoms with Crippen molar-refractivity contribution >= 4 is 16.9 Å². The fourth-order valence-corrected chi connectivity index (χ4v) is 1.66. The van der Waals surface area contributed by atoms with Crippen molar-refractivity contribution < 1.29 is 9.53 Å². The standard InChI is InChI=1S/C12H15N3O2/c1-8(13-11(16)7-17-2)12-14-9-5-3-4-6-10(9)15-12/h3-6,8H,7H2,1-2H3,(H,13,16)(H,14,15)/t8-/m0/s1. The van der Waals surface area contributed by atoms with Gasteiger partial charge in [-0.15, -0.1) is 0 Å². The highest BCUT2D eigenvalue weighted by Gasteiger charge is 2.12. The maximum atomic E-state index is 11.4. The van der Waals surface area contributed by atoms with Gasteiger partial charge in [-0.3, -0.25) is 4.79 Å². The van der Waals surface area contributed by atoms with Crippen molar-refractivity contribution in [1.29, 1.82) is 0 Å². The van der Waals surface area contributed by atoms with Crippen molar-refractivity contribution in [3.8, 4) is 0 Å². The molecule has 1 amide bonds. The van der Waals surface area contributed by atoms with Crippen LogP contribution in [-0.2, 0) is 9.53 Å². The Hall–Kier alpha value is -1.88. The van der Waals surface area contributed by atoms with Crippen LogP contribution in [0, 0.1) is 0 Å². The number of benzene rings is 1. The number of aromatic nitrogens is 2. The summed E-state index contributed by atoms with van der Waals surface area (Å²) in [5.74, 6) is 0.594. The summed E-state index contributed by atoms with van der Waals surface area (Å²) in [4.78, 5) is 19.0. The van der Waals surface area contributed by atoms with E-state index in [-0.39, 0.29) is 18.6 Å².